The van der Waals surface area contributed by atoms with Gasteiger partial charge in [0.2, 0.25) is 0 Å². The summed E-state index contributed by atoms with van der Waals surface area (Å²) in [6, 6.07) is 0. The van der Waals surface area contributed by atoms with E-state index < -0.39 is 97.5 Å². The number of aliphatic hydroxyl groups excluding tert-OH is 1. The largest absolute Gasteiger partial charge is 0.472 e. The topological polar surface area (TPSA) is 237 Å². The summed E-state index contributed by atoms with van der Waals surface area (Å²) in [4.78, 5) is 72.8. The molecule has 0 aromatic heterocycles. The number of hydrogen-bond donors (Lipinski definition) is 3. The first kappa shape index (κ1) is 94.9. The van der Waals surface area contributed by atoms with Crippen LogP contribution < -0.4 is 0 Å². The minimum Gasteiger partial charge on any atom is -0.462 e. The number of esters is 4. The molecular formula is C81H134O17P2. The summed E-state index contributed by atoms with van der Waals surface area (Å²) in [5, 5.41) is 10.6. The fraction of sp³-hybridized carbons (Fsp3) is 0.654. The number of carbonyl (C=O) groups is 4. The lowest BCUT2D eigenvalue weighted by Gasteiger charge is -2.21. The summed E-state index contributed by atoms with van der Waals surface area (Å²) < 4.78 is 68.3. The van der Waals surface area contributed by atoms with Crippen LogP contribution in [0.2, 0.25) is 0 Å². The Kier molecular flexibility index (Phi) is 68.6. The second kappa shape index (κ2) is 72.3. The highest BCUT2D eigenvalue weighted by Gasteiger charge is 2.30. The third-order valence-corrected chi connectivity index (χ3v) is 17.2. The summed E-state index contributed by atoms with van der Waals surface area (Å²) in [5.74, 6) is -2.31. The molecule has 0 spiro atoms. The third kappa shape index (κ3) is 71.3. The molecule has 19 heteroatoms. The molecule has 0 heterocycles. The molecule has 0 saturated carbocycles. The molecule has 0 rings (SSSR count). The maximum Gasteiger partial charge on any atom is 0.472 e. The molecule has 0 aliphatic carbocycles. The monoisotopic (exact) mass is 1440 g/mol. The fourth-order valence-corrected chi connectivity index (χ4v) is 11.2. The van der Waals surface area contributed by atoms with Crippen molar-refractivity contribution in [1.82, 2.24) is 0 Å². The summed E-state index contributed by atoms with van der Waals surface area (Å²) in [5.41, 5.74) is 0. The number of phosphoric acid groups is 2. The Morgan fingerprint density at radius 2 is 0.530 bits per heavy atom. The second-order valence-corrected chi connectivity index (χ2v) is 27.7. The Morgan fingerprint density at radius 3 is 0.860 bits per heavy atom. The third-order valence-electron chi connectivity index (χ3n) is 15.3. The van der Waals surface area contributed by atoms with Crippen LogP contribution in [0.1, 0.15) is 285 Å². The fourth-order valence-electron chi connectivity index (χ4n) is 9.61. The molecule has 100 heavy (non-hydrogen) atoms. The van der Waals surface area contributed by atoms with E-state index in [1.807, 2.05) is 12.2 Å². The number of phosphoric ester groups is 2. The van der Waals surface area contributed by atoms with Crippen molar-refractivity contribution >= 4 is 39.5 Å². The molecule has 17 nitrogen and oxygen atoms in total. The van der Waals surface area contributed by atoms with Crippen LogP contribution in [-0.2, 0) is 65.4 Å². The van der Waals surface area contributed by atoms with Crippen molar-refractivity contribution in [2.24, 2.45) is 0 Å². The van der Waals surface area contributed by atoms with Crippen molar-refractivity contribution in [3.63, 3.8) is 0 Å². The van der Waals surface area contributed by atoms with Gasteiger partial charge in [0.15, 0.2) is 12.2 Å². The first-order valence-corrected chi connectivity index (χ1v) is 41.1. The van der Waals surface area contributed by atoms with Gasteiger partial charge in [0.05, 0.1) is 26.4 Å². The van der Waals surface area contributed by atoms with Crippen LogP contribution in [0.4, 0.5) is 0 Å². The van der Waals surface area contributed by atoms with E-state index in [-0.39, 0.29) is 25.7 Å². The number of allylic oxidation sites excluding steroid dienone is 24. The Hall–Kier alpha value is -5.06. The number of carbonyl (C=O) groups excluding carboxylic acids is 4. The molecule has 0 saturated heterocycles. The van der Waals surface area contributed by atoms with Crippen molar-refractivity contribution in [2.45, 2.75) is 303 Å². The molecule has 0 amide bonds. The van der Waals surface area contributed by atoms with E-state index in [1.165, 1.54) is 38.5 Å². The van der Waals surface area contributed by atoms with Gasteiger partial charge >= 0.3 is 39.5 Å². The number of aliphatic hydroxyl groups is 1. The maximum absolute atomic E-state index is 13.1. The van der Waals surface area contributed by atoms with Gasteiger partial charge in [0.25, 0.3) is 0 Å². The molecule has 0 aromatic rings. The van der Waals surface area contributed by atoms with E-state index in [0.29, 0.717) is 38.5 Å². The summed E-state index contributed by atoms with van der Waals surface area (Å²) in [6.45, 7) is 4.39. The van der Waals surface area contributed by atoms with Gasteiger partial charge in [-0.1, -0.05) is 270 Å². The smallest absolute Gasteiger partial charge is 0.462 e. The van der Waals surface area contributed by atoms with E-state index in [0.717, 1.165) is 154 Å². The summed E-state index contributed by atoms with van der Waals surface area (Å²) >= 11 is 0. The maximum atomic E-state index is 13.1. The lowest BCUT2D eigenvalue weighted by molar-refractivity contribution is -0.161. The Bertz CT molecular complexity index is 2470. The average Bonchev–Trinajstić information content (AvgIpc) is 1.02. The van der Waals surface area contributed by atoms with E-state index in [9.17, 15) is 43.2 Å². The van der Waals surface area contributed by atoms with Crippen LogP contribution in [0, 0.1) is 0 Å². The van der Waals surface area contributed by atoms with Crippen LogP contribution >= 0.6 is 15.6 Å². The van der Waals surface area contributed by atoms with Gasteiger partial charge in [0, 0.05) is 25.7 Å². The van der Waals surface area contributed by atoms with E-state index in [1.54, 1.807) is 0 Å². The lowest BCUT2D eigenvalue weighted by atomic mass is 10.1. The Morgan fingerprint density at radius 1 is 0.290 bits per heavy atom. The predicted molar refractivity (Wildman–Crippen MR) is 408 cm³/mol. The Balaban J connectivity index is 5.42. The molecule has 5 atom stereocenters. The van der Waals surface area contributed by atoms with Crippen LogP contribution in [-0.4, -0.2) is 96.7 Å². The van der Waals surface area contributed by atoms with Gasteiger partial charge in [-0.15, -0.1) is 0 Å². The van der Waals surface area contributed by atoms with Gasteiger partial charge in [-0.25, -0.2) is 9.13 Å². The number of rotatable bonds is 70. The highest BCUT2D eigenvalue weighted by molar-refractivity contribution is 7.47. The van der Waals surface area contributed by atoms with Crippen molar-refractivity contribution in [1.29, 1.82) is 0 Å². The molecule has 5 unspecified atom stereocenters. The molecule has 0 fully saturated rings. The Labute approximate surface area is 605 Å². The normalized spacial score (nSPS) is 14.8. The molecular weight excluding hydrogens is 1310 g/mol. The van der Waals surface area contributed by atoms with Crippen molar-refractivity contribution in [2.75, 3.05) is 39.6 Å². The van der Waals surface area contributed by atoms with Gasteiger partial charge in [-0.3, -0.25) is 37.3 Å². The standard InChI is InChI=1S/C81H134O17P2/c1-5-9-13-17-21-25-29-32-35-37-40-42-46-49-53-57-61-65-78(83)91-71-76(97-80(85)67-63-59-55-51-45-28-24-20-16-12-8-4)73-95-99(87,88)93-69-75(82)70-94-100(89,90)96-74-77(98-81(86)68-64-60-56-52-48-44-39-34-31-27-23-19-15-11-7-3)72-92-79(84)66-62-58-54-50-47-43-41-38-36-33-30-26-22-18-14-10-6-2/h9-11,13-15,21-23,25-27,32-36,39,41,43,48,50,52,54,75-77,82H,5-8,12,16-20,24,28-31,37-38,40,42,44-47,49,51,53,55-74H2,1-4H3,(H,87,88)(H,89,90)/b13-9-,14-10-,15-11-,25-21-,26-22-,27-23-,35-32-,36-33-,39-34-,43-41-,52-48-,54-50-. The van der Waals surface area contributed by atoms with Gasteiger partial charge in [0.1, 0.15) is 19.3 Å². The van der Waals surface area contributed by atoms with E-state index in [2.05, 4.69) is 161 Å². The minimum absolute atomic E-state index is 0.0264. The minimum atomic E-state index is -5.00. The summed E-state index contributed by atoms with van der Waals surface area (Å²) in [7, 11) is -9.99. The van der Waals surface area contributed by atoms with Gasteiger partial charge in [-0.2, -0.15) is 0 Å². The van der Waals surface area contributed by atoms with Crippen LogP contribution in [0.15, 0.2) is 146 Å². The predicted octanol–water partition coefficient (Wildman–Crippen LogP) is 21.9. The zero-order valence-electron chi connectivity index (χ0n) is 62.1. The molecule has 3 N–H and O–H groups in total. The molecule has 0 aliphatic heterocycles. The zero-order chi connectivity index (χ0) is 73.2. The second-order valence-electron chi connectivity index (χ2n) is 24.8. The average molecular weight is 1440 g/mol. The lowest BCUT2D eigenvalue weighted by Crippen LogP contribution is -2.30. The van der Waals surface area contributed by atoms with Gasteiger partial charge < -0.3 is 33.8 Å². The quantitative estimate of drug-likeness (QED) is 0.0169. The summed E-state index contributed by atoms with van der Waals surface area (Å²) in [6.07, 6.45) is 81.4. The molecule has 570 valence electrons. The van der Waals surface area contributed by atoms with Crippen LogP contribution in [0.25, 0.3) is 0 Å². The number of hydrogen-bond acceptors (Lipinski definition) is 15. The van der Waals surface area contributed by atoms with E-state index >= 15 is 0 Å². The highest BCUT2D eigenvalue weighted by atomic mass is 31.2. The van der Waals surface area contributed by atoms with Crippen molar-refractivity contribution in [3.8, 4) is 0 Å². The SMILES string of the molecule is CC/C=C\C/C=C\C/C=C\C/C=C\C/C=C\CCCC(=O)OCC(COP(=O)(O)OCC(O)COP(=O)(O)OCC(COC(=O)CCCCCCCCC/C=C\C/C=C\C/C=C\CC)OC(=O)CCCCCCCCCCCCC)OC(=O)CCCC/C=C\C/C=C\C/C=C\C/C=C\CC. The molecule has 0 aromatic carbocycles. The number of ether oxygens (including phenoxy) is 4. The highest BCUT2D eigenvalue weighted by Crippen LogP contribution is 2.45. The van der Waals surface area contributed by atoms with Crippen molar-refractivity contribution < 1.29 is 80.2 Å². The van der Waals surface area contributed by atoms with Gasteiger partial charge in [-0.05, 0) is 135 Å². The first-order valence-electron chi connectivity index (χ1n) is 38.1. The number of unbranched alkanes of at least 4 members (excludes halogenated alkanes) is 20. The first-order chi connectivity index (χ1) is 48.7. The van der Waals surface area contributed by atoms with Crippen LogP contribution in [0.5, 0.6) is 0 Å². The van der Waals surface area contributed by atoms with E-state index in [4.69, 9.17) is 37.0 Å². The molecule has 0 aliphatic rings. The van der Waals surface area contributed by atoms with Crippen molar-refractivity contribution in [3.05, 3.63) is 146 Å². The van der Waals surface area contributed by atoms with Crippen LogP contribution in [0.3, 0.4) is 0 Å². The molecule has 0 radical (unpaired) electrons. The zero-order valence-corrected chi connectivity index (χ0v) is 63.9. The molecule has 0 bridgehead atoms.